The van der Waals surface area contributed by atoms with E-state index in [9.17, 15) is 4.79 Å². The van der Waals surface area contributed by atoms with Crippen molar-refractivity contribution in [3.8, 4) is 17.2 Å². The Morgan fingerprint density at radius 2 is 2.06 bits per heavy atom. The highest BCUT2D eigenvalue weighted by molar-refractivity contribution is 6.03. The summed E-state index contributed by atoms with van der Waals surface area (Å²) < 4.78 is 19.5. The molecule has 1 saturated carbocycles. The molecule has 1 amide bonds. The van der Waals surface area contributed by atoms with Crippen molar-refractivity contribution in [3.63, 3.8) is 0 Å². The number of amides is 1. The average molecular weight is 474 g/mol. The van der Waals surface area contributed by atoms with Crippen molar-refractivity contribution in [2.45, 2.75) is 57.7 Å². The van der Waals surface area contributed by atoms with Crippen LogP contribution in [0.1, 0.15) is 55.5 Å². The van der Waals surface area contributed by atoms with Crippen LogP contribution in [0.5, 0.6) is 5.75 Å². The molecule has 6 heterocycles. The van der Waals surface area contributed by atoms with Crippen LogP contribution >= 0.6 is 0 Å². The van der Waals surface area contributed by atoms with Gasteiger partial charge in [0.05, 0.1) is 24.0 Å². The van der Waals surface area contributed by atoms with E-state index in [1.807, 2.05) is 49.7 Å². The van der Waals surface area contributed by atoms with E-state index in [4.69, 9.17) is 18.9 Å². The molecule has 2 aliphatic heterocycles. The third-order valence-corrected chi connectivity index (χ3v) is 6.71. The summed E-state index contributed by atoms with van der Waals surface area (Å²) in [5.41, 5.74) is 4.04. The van der Waals surface area contributed by atoms with Gasteiger partial charge in [0.2, 0.25) is 5.89 Å². The van der Waals surface area contributed by atoms with Crippen molar-refractivity contribution in [2.24, 2.45) is 0 Å². The lowest BCUT2D eigenvalue weighted by Crippen LogP contribution is -2.45. The standard InChI is InChI=1S/C26H27N5O4/c1-15(2)35-20-8-22-30-21(26-12-25(4,13-26)34-14-26)10-31(22)9-18(20)28-23(32)19-11-33-24(29-19)17-5-6-27-16(3)7-17/h5-11,15H,12-14H2,1-4H3,(H,28,32). The van der Waals surface area contributed by atoms with Gasteiger partial charge in [-0.2, -0.15) is 0 Å². The summed E-state index contributed by atoms with van der Waals surface area (Å²) >= 11 is 0. The molecular formula is C26H27N5O4. The van der Waals surface area contributed by atoms with Crippen LogP contribution in [-0.2, 0) is 10.2 Å². The van der Waals surface area contributed by atoms with Crippen molar-refractivity contribution >= 4 is 17.2 Å². The molecule has 9 heteroatoms. The Morgan fingerprint density at radius 1 is 1.23 bits per heavy atom. The topological polar surface area (TPSA) is 104 Å². The van der Waals surface area contributed by atoms with Crippen molar-refractivity contribution in [3.05, 3.63) is 60.1 Å². The van der Waals surface area contributed by atoms with Crippen molar-refractivity contribution in [2.75, 3.05) is 11.9 Å². The van der Waals surface area contributed by atoms with Crippen LogP contribution in [0.2, 0.25) is 0 Å². The minimum atomic E-state index is -0.392. The number of hydrogen-bond acceptors (Lipinski definition) is 7. The maximum Gasteiger partial charge on any atom is 0.277 e. The molecule has 4 aromatic heterocycles. The Bertz CT molecular complexity index is 1450. The maximum atomic E-state index is 13.1. The van der Waals surface area contributed by atoms with E-state index < -0.39 is 5.91 Å². The number of carbonyl (C=O) groups is 1. The number of hydrogen-bond donors (Lipinski definition) is 1. The Labute approximate surface area is 202 Å². The molecule has 2 bridgehead atoms. The summed E-state index contributed by atoms with van der Waals surface area (Å²) in [6, 6.07) is 5.50. The lowest BCUT2D eigenvalue weighted by molar-refractivity contribution is 0.0154. The van der Waals surface area contributed by atoms with E-state index in [-0.39, 0.29) is 22.8 Å². The molecule has 1 aliphatic carbocycles. The molecule has 3 fully saturated rings. The molecule has 0 atom stereocenters. The molecule has 3 aliphatic rings. The molecule has 180 valence electrons. The Kier molecular flexibility index (Phi) is 4.76. The fraction of sp³-hybridized carbons (Fsp3) is 0.385. The average Bonchev–Trinajstić information content (AvgIpc) is 3.55. The lowest BCUT2D eigenvalue weighted by Gasteiger charge is -2.41. The summed E-state index contributed by atoms with van der Waals surface area (Å²) in [6.07, 6.45) is 8.77. The molecular weight excluding hydrogens is 446 g/mol. The fourth-order valence-electron chi connectivity index (χ4n) is 5.24. The lowest BCUT2D eigenvalue weighted by atomic mass is 9.62. The van der Waals surface area contributed by atoms with Crippen LogP contribution in [0.15, 0.2) is 47.5 Å². The molecule has 35 heavy (non-hydrogen) atoms. The van der Waals surface area contributed by atoms with Gasteiger partial charge in [0, 0.05) is 41.3 Å². The summed E-state index contributed by atoms with van der Waals surface area (Å²) in [7, 11) is 0. The molecule has 0 radical (unpaired) electrons. The van der Waals surface area contributed by atoms with Gasteiger partial charge in [0.15, 0.2) is 5.69 Å². The number of ether oxygens (including phenoxy) is 2. The quantitative estimate of drug-likeness (QED) is 0.438. The zero-order chi connectivity index (χ0) is 24.4. The first-order valence-electron chi connectivity index (χ1n) is 11.8. The number of oxazole rings is 1. The monoisotopic (exact) mass is 473 g/mol. The van der Waals surface area contributed by atoms with Crippen molar-refractivity contribution in [1.82, 2.24) is 19.4 Å². The van der Waals surface area contributed by atoms with Crippen LogP contribution < -0.4 is 10.1 Å². The van der Waals surface area contributed by atoms with Gasteiger partial charge < -0.3 is 23.6 Å². The summed E-state index contributed by atoms with van der Waals surface area (Å²) in [6.45, 7) is 8.62. The molecule has 0 spiro atoms. The zero-order valence-corrected chi connectivity index (χ0v) is 20.2. The number of pyridine rings is 2. The first-order chi connectivity index (χ1) is 16.7. The summed E-state index contributed by atoms with van der Waals surface area (Å²) in [4.78, 5) is 26.5. The highest BCUT2D eigenvalue weighted by atomic mass is 16.5. The molecule has 2 saturated heterocycles. The first kappa shape index (κ1) is 21.8. The molecule has 1 N–H and O–H groups in total. The molecule has 4 aromatic rings. The summed E-state index contributed by atoms with van der Waals surface area (Å²) in [5.74, 6) is 0.515. The van der Waals surface area contributed by atoms with Crippen LogP contribution in [0.25, 0.3) is 17.1 Å². The number of aromatic nitrogens is 4. The number of carbonyl (C=O) groups excluding carboxylic acids is 1. The van der Waals surface area contributed by atoms with E-state index in [0.29, 0.717) is 23.9 Å². The van der Waals surface area contributed by atoms with Gasteiger partial charge >= 0.3 is 0 Å². The van der Waals surface area contributed by atoms with Gasteiger partial charge in [-0.1, -0.05) is 0 Å². The van der Waals surface area contributed by atoms with Gasteiger partial charge in [-0.3, -0.25) is 9.78 Å². The van der Waals surface area contributed by atoms with Gasteiger partial charge in [-0.25, -0.2) is 9.97 Å². The predicted molar refractivity (Wildman–Crippen MR) is 129 cm³/mol. The van der Waals surface area contributed by atoms with Crippen LogP contribution in [0.4, 0.5) is 5.69 Å². The largest absolute Gasteiger partial charge is 0.489 e. The molecule has 7 rings (SSSR count). The number of aryl methyl sites for hydroxylation is 1. The van der Waals surface area contributed by atoms with Crippen LogP contribution in [0.3, 0.4) is 0 Å². The predicted octanol–water partition coefficient (Wildman–Crippen LogP) is 4.55. The third-order valence-electron chi connectivity index (χ3n) is 6.71. The second kappa shape index (κ2) is 7.64. The molecule has 0 aromatic carbocycles. The number of nitrogens with zero attached hydrogens (tertiary/aromatic N) is 4. The van der Waals surface area contributed by atoms with E-state index in [1.165, 1.54) is 6.26 Å². The van der Waals surface area contributed by atoms with E-state index in [0.717, 1.165) is 35.4 Å². The van der Waals surface area contributed by atoms with E-state index in [2.05, 4.69) is 22.2 Å². The van der Waals surface area contributed by atoms with Crippen LogP contribution in [-0.4, -0.2) is 43.6 Å². The number of imidazole rings is 1. The van der Waals surface area contributed by atoms with Crippen LogP contribution in [0, 0.1) is 6.92 Å². The summed E-state index contributed by atoms with van der Waals surface area (Å²) in [5, 5.41) is 2.93. The van der Waals surface area contributed by atoms with Gasteiger partial charge in [0.1, 0.15) is 23.3 Å². The highest BCUT2D eigenvalue weighted by Gasteiger charge is 2.61. The molecule has 0 unspecified atom stereocenters. The third kappa shape index (κ3) is 3.76. The van der Waals surface area contributed by atoms with Gasteiger partial charge in [-0.05, 0) is 52.7 Å². The minimum Gasteiger partial charge on any atom is -0.489 e. The number of nitrogens with one attached hydrogen (secondary N) is 1. The second-order valence-electron chi connectivity index (χ2n) is 10.2. The van der Waals surface area contributed by atoms with Gasteiger partial charge in [0.25, 0.3) is 5.91 Å². The molecule has 9 nitrogen and oxygen atoms in total. The minimum absolute atomic E-state index is 0.0216. The highest BCUT2D eigenvalue weighted by Crippen LogP contribution is 2.58. The first-order valence-corrected chi connectivity index (χ1v) is 11.8. The van der Waals surface area contributed by atoms with E-state index in [1.54, 1.807) is 12.3 Å². The van der Waals surface area contributed by atoms with Gasteiger partial charge in [-0.15, -0.1) is 0 Å². The fourth-order valence-corrected chi connectivity index (χ4v) is 5.24. The Hall–Kier alpha value is -3.72. The van der Waals surface area contributed by atoms with Crippen molar-refractivity contribution in [1.29, 1.82) is 0 Å². The van der Waals surface area contributed by atoms with Crippen molar-refractivity contribution < 1.29 is 18.7 Å². The Balaban J connectivity index is 1.30. The zero-order valence-electron chi connectivity index (χ0n) is 20.2. The smallest absolute Gasteiger partial charge is 0.277 e. The van der Waals surface area contributed by atoms with E-state index >= 15 is 0 Å². The SMILES string of the molecule is Cc1cc(-c2nc(C(=O)Nc3cn4cc(C56COC(C)(C5)C6)nc4cc3OC(C)C)co2)ccn1. The number of fused-ring (bicyclic) bond motifs is 2. The maximum absolute atomic E-state index is 13.1. The second-order valence-corrected chi connectivity index (χ2v) is 10.2. The number of anilines is 1. The normalized spacial score (nSPS) is 23.0. The number of rotatable bonds is 6. The Morgan fingerprint density at radius 3 is 2.77 bits per heavy atom.